The lowest BCUT2D eigenvalue weighted by molar-refractivity contribution is -0.144. The van der Waals surface area contributed by atoms with Crippen LogP contribution in [-0.4, -0.2) is 41.7 Å². The van der Waals surface area contributed by atoms with Crippen LogP contribution >= 0.6 is 0 Å². The van der Waals surface area contributed by atoms with Crippen LogP contribution in [-0.2, 0) is 20.9 Å². The fraction of sp³-hybridized carbons (Fsp3) is 0.348. The molecule has 0 saturated heterocycles. The zero-order valence-corrected chi connectivity index (χ0v) is 17.2. The Labute approximate surface area is 178 Å². The predicted octanol–water partition coefficient (Wildman–Crippen LogP) is 3.65. The fourth-order valence-corrected chi connectivity index (χ4v) is 4.25. The number of anilines is 1. The summed E-state index contributed by atoms with van der Waals surface area (Å²) in [5.41, 5.74) is 1.12. The molecular formula is C23H23F2N3O3. The molecule has 2 aromatic rings. The number of hydrogen-bond donors (Lipinski definition) is 1. The second-order valence-corrected chi connectivity index (χ2v) is 7.83. The minimum absolute atomic E-state index is 0.132. The van der Waals surface area contributed by atoms with Crippen LogP contribution in [0.3, 0.4) is 0 Å². The van der Waals surface area contributed by atoms with Crippen LogP contribution in [0.25, 0.3) is 0 Å². The van der Waals surface area contributed by atoms with Crippen molar-refractivity contribution in [2.24, 2.45) is 4.99 Å². The van der Waals surface area contributed by atoms with Crippen molar-refractivity contribution in [3.63, 3.8) is 0 Å². The molecule has 2 aromatic carbocycles. The molecule has 2 aliphatic rings. The maximum Gasteiger partial charge on any atom is 0.281 e. The first-order valence-electron chi connectivity index (χ1n) is 10.2. The number of ether oxygens (including phenoxy) is 1. The standard InChI is InChI=1S/C23H23F2N3O3/c1-31-14-15-4-6-16(7-5-15)21-22(30)28(23(27-21)8-2-3-9-23)20(29)13-26-19-11-17(24)10-18(25)12-19/h4-7,10-12,26H,2-3,8-9,13-14H2,1H3. The molecule has 1 aliphatic carbocycles. The molecular weight excluding hydrogens is 404 g/mol. The first-order valence-corrected chi connectivity index (χ1v) is 10.2. The third kappa shape index (κ3) is 4.20. The molecule has 1 N–H and O–H groups in total. The number of imide groups is 1. The van der Waals surface area contributed by atoms with Gasteiger partial charge < -0.3 is 10.1 Å². The molecule has 162 valence electrons. The molecule has 0 atom stereocenters. The highest BCUT2D eigenvalue weighted by Gasteiger charge is 2.51. The number of carbonyl (C=O) groups is 2. The summed E-state index contributed by atoms with van der Waals surface area (Å²) < 4.78 is 31.9. The zero-order chi connectivity index (χ0) is 22.0. The van der Waals surface area contributed by atoms with Gasteiger partial charge in [-0.15, -0.1) is 0 Å². The second-order valence-electron chi connectivity index (χ2n) is 7.83. The van der Waals surface area contributed by atoms with Gasteiger partial charge in [-0.05, 0) is 43.4 Å². The molecule has 31 heavy (non-hydrogen) atoms. The summed E-state index contributed by atoms with van der Waals surface area (Å²) in [4.78, 5) is 32.2. The summed E-state index contributed by atoms with van der Waals surface area (Å²) in [6.45, 7) is 0.188. The molecule has 1 saturated carbocycles. The molecule has 1 spiro atoms. The monoisotopic (exact) mass is 427 g/mol. The van der Waals surface area contributed by atoms with Gasteiger partial charge in [0.25, 0.3) is 11.8 Å². The van der Waals surface area contributed by atoms with Gasteiger partial charge in [0.1, 0.15) is 23.0 Å². The van der Waals surface area contributed by atoms with E-state index in [1.165, 1.54) is 4.90 Å². The highest BCUT2D eigenvalue weighted by molar-refractivity contribution is 6.48. The molecule has 2 amide bonds. The van der Waals surface area contributed by atoms with E-state index in [1.807, 2.05) is 12.1 Å². The lowest BCUT2D eigenvalue weighted by Crippen LogP contribution is -2.50. The number of amides is 2. The maximum atomic E-state index is 13.4. The summed E-state index contributed by atoms with van der Waals surface area (Å²) in [5, 5.41) is 2.72. The number of benzene rings is 2. The van der Waals surface area contributed by atoms with Crippen LogP contribution in [0.5, 0.6) is 0 Å². The molecule has 0 radical (unpaired) electrons. The molecule has 4 rings (SSSR count). The van der Waals surface area contributed by atoms with E-state index in [0.29, 0.717) is 25.0 Å². The Morgan fingerprint density at radius 3 is 2.39 bits per heavy atom. The first-order chi connectivity index (χ1) is 14.9. The lowest BCUT2D eigenvalue weighted by atomic mass is 10.1. The van der Waals surface area contributed by atoms with E-state index in [-0.39, 0.29) is 17.9 Å². The Bertz CT molecular complexity index is 1010. The number of hydrogen-bond acceptors (Lipinski definition) is 5. The van der Waals surface area contributed by atoms with Crippen molar-refractivity contribution >= 4 is 23.2 Å². The van der Waals surface area contributed by atoms with Gasteiger partial charge in [0.15, 0.2) is 0 Å². The number of nitrogens with zero attached hydrogens (tertiary/aromatic N) is 2. The fourth-order valence-electron chi connectivity index (χ4n) is 4.25. The molecule has 0 unspecified atom stereocenters. The van der Waals surface area contributed by atoms with Crippen molar-refractivity contribution in [1.29, 1.82) is 0 Å². The Morgan fingerprint density at radius 2 is 1.77 bits per heavy atom. The van der Waals surface area contributed by atoms with Gasteiger partial charge in [0, 0.05) is 24.4 Å². The van der Waals surface area contributed by atoms with E-state index in [1.54, 1.807) is 19.2 Å². The van der Waals surface area contributed by atoms with E-state index in [4.69, 9.17) is 9.73 Å². The van der Waals surface area contributed by atoms with Crippen LogP contribution in [0.4, 0.5) is 14.5 Å². The predicted molar refractivity (Wildman–Crippen MR) is 112 cm³/mol. The van der Waals surface area contributed by atoms with Crippen molar-refractivity contribution in [1.82, 2.24) is 4.90 Å². The zero-order valence-electron chi connectivity index (χ0n) is 17.2. The minimum atomic E-state index is -0.885. The molecule has 1 heterocycles. The number of carbonyl (C=O) groups excluding carboxylic acids is 2. The normalized spacial score (nSPS) is 17.3. The maximum absolute atomic E-state index is 13.4. The van der Waals surface area contributed by atoms with Gasteiger partial charge >= 0.3 is 0 Å². The van der Waals surface area contributed by atoms with Crippen molar-refractivity contribution in [3.05, 3.63) is 65.2 Å². The van der Waals surface area contributed by atoms with Crippen molar-refractivity contribution in [2.75, 3.05) is 19.0 Å². The van der Waals surface area contributed by atoms with Gasteiger partial charge in [0.05, 0.1) is 13.2 Å². The summed E-state index contributed by atoms with van der Waals surface area (Å²) >= 11 is 0. The second kappa shape index (κ2) is 8.55. The third-order valence-electron chi connectivity index (χ3n) is 5.64. The van der Waals surface area contributed by atoms with E-state index >= 15 is 0 Å². The topological polar surface area (TPSA) is 71.0 Å². The number of nitrogens with one attached hydrogen (secondary N) is 1. The average molecular weight is 427 g/mol. The third-order valence-corrected chi connectivity index (χ3v) is 5.64. The van der Waals surface area contributed by atoms with Gasteiger partial charge in [-0.25, -0.2) is 13.7 Å². The van der Waals surface area contributed by atoms with Crippen molar-refractivity contribution in [2.45, 2.75) is 38.0 Å². The summed E-state index contributed by atoms with van der Waals surface area (Å²) in [7, 11) is 1.61. The van der Waals surface area contributed by atoms with E-state index < -0.39 is 29.1 Å². The Hall–Kier alpha value is -3.13. The van der Waals surface area contributed by atoms with Crippen LogP contribution in [0.2, 0.25) is 0 Å². The quantitative estimate of drug-likeness (QED) is 0.764. The number of rotatable bonds is 6. The van der Waals surface area contributed by atoms with Crippen molar-refractivity contribution in [3.8, 4) is 0 Å². The molecule has 8 heteroatoms. The Kier molecular flexibility index (Phi) is 5.82. The summed E-state index contributed by atoms with van der Waals surface area (Å²) in [5.74, 6) is -2.42. The van der Waals surface area contributed by atoms with Gasteiger partial charge in [-0.2, -0.15) is 0 Å². The minimum Gasteiger partial charge on any atom is -0.380 e. The van der Waals surface area contributed by atoms with Crippen LogP contribution < -0.4 is 5.32 Å². The SMILES string of the molecule is COCc1ccc(C2=NC3(CCCC3)N(C(=O)CNc3cc(F)cc(F)c3)C2=O)cc1. The van der Waals surface area contributed by atoms with Crippen LogP contribution in [0.15, 0.2) is 47.5 Å². The Morgan fingerprint density at radius 1 is 1.13 bits per heavy atom. The highest BCUT2D eigenvalue weighted by Crippen LogP contribution is 2.41. The Balaban J connectivity index is 1.55. The van der Waals surface area contributed by atoms with Crippen LogP contribution in [0.1, 0.15) is 36.8 Å². The number of aliphatic imine (C=N–C) groups is 1. The molecule has 0 bridgehead atoms. The van der Waals surface area contributed by atoms with Crippen LogP contribution in [0, 0.1) is 11.6 Å². The highest BCUT2D eigenvalue weighted by atomic mass is 19.1. The van der Waals surface area contributed by atoms with Gasteiger partial charge in [-0.3, -0.25) is 14.6 Å². The van der Waals surface area contributed by atoms with Gasteiger partial charge in [-0.1, -0.05) is 24.3 Å². The summed E-state index contributed by atoms with van der Waals surface area (Å²) in [6.07, 6.45) is 2.93. The molecule has 6 nitrogen and oxygen atoms in total. The average Bonchev–Trinajstić information content (AvgIpc) is 3.31. The van der Waals surface area contributed by atoms with E-state index in [9.17, 15) is 18.4 Å². The molecule has 1 fully saturated rings. The molecule has 0 aromatic heterocycles. The van der Waals surface area contributed by atoms with E-state index in [2.05, 4.69) is 5.32 Å². The van der Waals surface area contributed by atoms with Crippen molar-refractivity contribution < 1.29 is 23.1 Å². The van der Waals surface area contributed by atoms with Gasteiger partial charge in [0.2, 0.25) is 0 Å². The first kappa shape index (κ1) is 21.1. The lowest BCUT2D eigenvalue weighted by Gasteiger charge is -2.31. The largest absolute Gasteiger partial charge is 0.380 e. The summed E-state index contributed by atoms with van der Waals surface area (Å²) in [6, 6.07) is 10.3. The number of methoxy groups -OCH3 is 1. The number of halogens is 2. The smallest absolute Gasteiger partial charge is 0.281 e. The molecule has 1 aliphatic heterocycles. The van der Waals surface area contributed by atoms with E-state index in [0.717, 1.165) is 36.6 Å².